The second kappa shape index (κ2) is 6.93. The molecule has 0 spiro atoms. The first-order chi connectivity index (χ1) is 13.0. The number of anilines is 1. The largest absolute Gasteiger partial charge is 0.324 e. The summed E-state index contributed by atoms with van der Waals surface area (Å²) in [6.45, 7) is 5.93. The number of aromatic nitrogens is 2. The van der Waals surface area contributed by atoms with Crippen molar-refractivity contribution in [1.82, 2.24) is 9.55 Å². The van der Waals surface area contributed by atoms with E-state index in [4.69, 9.17) is 0 Å². The predicted octanol–water partition coefficient (Wildman–Crippen LogP) is 4.09. The first-order valence-electron chi connectivity index (χ1n) is 9.33. The van der Waals surface area contributed by atoms with Crippen molar-refractivity contribution in [3.8, 4) is 0 Å². The topological polar surface area (TPSA) is 64.0 Å². The van der Waals surface area contributed by atoms with Crippen LogP contribution in [0.3, 0.4) is 0 Å². The zero-order valence-electron chi connectivity index (χ0n) is 15.8. The Kier molecular flexibility index (Phi) is 4.60. The van der Waals surface area contributed by atoms with Gasteiger partial charge in [0.05, 0.1) is 11.7 Å². The number of carbonyl (C=O) groups is 1. The number of hydrogen-bond acceptors (Lipinski definition) is 4. The lowest BCUT2D eigenvalue weighted by molar-refractivity contribution is -0.118. The highest BCUT2D eigenvalue weighted by molar-refractivity contribution is 7.18. The minimum atomic E-state index is -0.632. The standard InChI is InChI=1S/C21H23N3O2S/c1-12-8-9-15-17(10-12)27-20-18(15)21(26)24(11-22-20)14(3)19(25)23-16-7-5-4-6-13(16)2/h4-7,11-12,14H,8-10H2,1-3H3,(H,23,25)/t12-,14+/m1/s1. The number of thiophene rings is 1. The maximum Gasteiger partial charge on any atom is 0.263 e. The maximum absolute atomic E-state index is 13.2. The van der Waals surface area contributed by atoms with Gasteiger partial charge in [0, 0.05) is 10.6 Å². The van der Waals surface area contributed by atoms with Crippen molar-refractivity contribution in [3.05, 3.63) is 57.0 Å². The van der Waals surface area contributed by atoms with Crippen LogP contribution in [0.15, 0.2) is 35.4 Å². The van der Waals surface area contributed by atoms with Crippen LogP contribution in [0.25, 0.3) is 10.2 Å². The Hall–Kier alpha value is -2.47. The summed E-state index contributed by atoms with van der Waals surface area (Å²) in [6, 6.07) is 6.98. The SMILES string of the molecule is Cc1ccccc1NC(=O)[C@H](C)n1cnc2sc3c(c2c1=O)CC[C@@H](C)C3. The van der Waals surface area contributed by atoms with Gasteiger partial charge in [-0.05, 0) is 56.2 Å². The molecule has 5 nitrogen and oxygen atoms in total. The molecule has 1 aromatic carbocycles. The van der Waals surface area contributed by atoms with Crippen molar-refractivity contribution >= 4 is 33.1 Å². The van der Waals surface area contributed by atoms with Gasteiger partial charge >= 0.3 is 0 Å². The molecule has 2 heterocycles. The molecule has 6 heteroatoms. The van der Waals surface area contributed by atoms with Gasteiger partial charge in [-0.3, -0.25) is 14.2 Å². The number of nitrogens with one attached hydrogen (secondary N) is 1. The number of rotatable bonds is 3. The molecule has 3 aromatic rings. The second-order valence-corrected chi connectivity index (χ2v) is 8.55. The molecule has 0 aliphatic heterocycles. The molecule has 0 saturated carbocycles. The molecule has 27 heavy (non-hydrogen) atoms. The van der Waals surface area contributed by atoms with E-state index in [1.54, 1.807) is 18.3 Å². The number of carbonyl (C=O) groups excluding carboxylic acids is 1. The molecule has 0 saturated heterocycles. The highest BCUT2D eigenvalue weighted by Gasteiger charge is 2.25. The van der Waals surface area contributed by atoms with Crippen LogP contribution >= 0.6 is 11.3 Å². The van der Waals surface area contributed by atoms with Gasteiger partial charge < -0.3 is 5.32 Å². The Balaban J connectivity index is 1.69. The third kappa shape index (κ3) is 3.18. The minimum absolute atomic E-state index is 0.112. The molecule has 0 radical (unpaired) electrons. The number of fused-ring (bicyclic) bond motifs is 3. The first kappa shape index (κ1) is 17.9. The zero-order valence-corrected chi connectivity index (χ0v) is 16.6. The number of benzene rings is 1. The van der Waals surface area contributed by atoms with Crippen LogP contribution < -0.4 is 10.9 Å². The highest BCUT2D eigenvalue weighted by Crippen LogP contribution is 2.35. The fourth-order valence-corrected chi connectivity index (χ4v) is 5.04. The van der Waals surface area contributed by atoms with Gasteiger partial charge in [0.2, 0.25) is 5.91 Å². The van der Waals surface area contributed by atoms with E-state index in [2.05, 4.69) is 17.2 Å². The zero-order chi connectivity index (χ0) is 19.1. The third-order valence-corrected chi connectivity index (χ3v) is 6.60. The molecule has 1 amide bonds. The van der Waals surface area contributed by atoms with Gasteiger partial charge in [0.15, 0.2) is 0 Å². The van der Waals surface area contributed by atoms with E-state index in [0.717, 1.165) is 40.9 Å². The smallest absolute Gasteiger partial charge is 0.263 e. The van der Waals surface area contributed by atoms with Crippen molar-refractivity contribution in [2.24, 2.45) is 5.92 Å². The Labute approximate surface area is 162 Å². The van der Waals surface area contributed by atoms with Crippen LogP contribution in [-0.2, 0) is 17.6 Å². The molecule has 1 N–H and O–H groups in total. The van der Waals surface area contributed by atoms with E-state index in [-0.39, 0.29) is 11.5 Å². The van der Waals surface area contributed by atoms with Crippen LogP contribution in [0.1, 0.15) is 42.3 Å². The van der Waals surface area contributed by atoms with E-state index in [1.807, 2.05) is 31.2 Å². The molecule has 4 rings (SSSR count). The van der Waals surface area contributed by atoms with E-state index >= 15 is 0 Å². The Morgan fingerprint density at radius 3 is 2.93 bits per heavy atom. The summed E-state index contributed by atoms with van der Waals surface area (Å²) >= 11 is 1.63. The van der Waals surface area contributed by atoms with Gasteiger partial charge in [0.25, 0.3) is 5.56 Å². The third-order valence-electron chi connectivity index (χ3n) is 5.44. The van der Waals surface area contributed by atoms with Crippen LogP contribution in [0, 0.1) is 12.8 Å². The number of para-hydroxylation sites is 1. The van der Waals surface area contributed by atoms with E-state index in [9.17, 15) is 9.59 Å². The quantitative estimate of drug-likeness (QED) is 0.743. The van der Waals surface area contributed by atoms with Crippen molar-refractivity contribution in [3.63, 3.8) is 0 Å². The molecule has 2 aromatic heterocycles. The van der Waals surface area contributed by atoms with Crippen LogP contribution in [0.2, 0.25) is 0 Å². The molecular weight excluding hydrogens is 358 g/mol. The van der Waals surface area contributed by atoms with Gasteiger partial charge in [-0.15, -0.1) is 11.3 Å². The van der Waals surface area contributed by atoms with Crippen LogP contribution in [0.5, 0.6) is 0 Å². The van der Waals surface area contributed by atoms with Crippen molar-refractivity contribution in [2.75, 3.05) is 5.32 Å². The van der Waals surface area contributed by atoms with Gasteiger partial charge in [0.1, 0.15) is 10.9 Å². The summed E-state index contributed by atoms with van der Waals surface area (Å²) in [5.74, 6) is 0.428. The normalized spacial score (nSPS) is 17.5. The van der Waals surface area contributed by atoms with Gasteiger partial charge in [-0.2, -0.15) is 0 Å². The Morgan fingerprint density at radius 2 is 2.15 bits per heavy atom. The highest BCUT2D eigenvalue weighted by atomic mass is 32.1. The van der Waals surface area contributed by atoms with Crippen molar-refractivity contribution in [2.45, 2.75) is 46.1 Å². The molecular formula is C21H23N3O2S. The number of nitrogens with zero attached hydrogens (tertiary/aromatic N) is 2. The summed E-state index contributed by atoms with van der Waals surface area (Å²) in [4.78, 5) is 32.5. The number of hydrogen-bond donors (Lipinski definition) is 1. The molecule has 1 aliphatic rings. The number of amides is 1. The molecule has 1 aliphatic carbocycles. The maximum atomic E-state index is 13.2. The Morgan fingerprint density at radius 1 is 1.37 bits per heavy atom. The van der Waals surface area contributed by atoms with Gasteiger partial charge in [-0.25, -0.2) is 4.98 Å². The lowest BCUT2D eigenvalue weighted by Gasteiger charge is -2.18. The predicted molar refractivity (Wildman–Crippen MR) is 110 cm³/mol. The molecule has 0 unspecified atom stereocenters. The fraction of sp³-hybridized carbons (Fsp3) is 0.381. The second-order valence-electron chi connectivity index (χ2n) is 7.47. The monoisotopic (exact) mass is 381 g/mol. The summed E-state index contributed by atoms with van der Waals surface area (Å²) in [6.07, 6.45) is 4.54. The molecule has 140 valence electrons. The van der Waals surface area contributed by atoms with Crippen LogP contribution in [0.4, 0.5) is 5.69 Å². The van der Waals surface area contributed by atoms with Crippen molar-refractivity contribution < 1.29 is 4.79 Å². The first-order valence-corrected chi connectivity index (χ1v) is 10.1. The van der Waals surface area contributed by atoms with E-state index in [0.29, 0.717) is 11.3 Å². The average Bonchev–Trinajstić information content (AvgIpc) is 3.01. The minimum Gasteiger partial charge on any atom is -0.324 e. The van der Waals surface area contributed by atoms with E-state index < -0.39 is 6.04 Å². The summed E-state index contributed by atoms with van der Waals surface area (Å²) in [7, 11) is 0. The molecule has 0 bridgehead atoms. The number of aryl methyl sites for hydroxylation is 2. The van der Waals surface area contributed by atoms with Crippen molar-refractivity contribution in [1.29, 1.82) is 0 Å². The summed E-state index contributed by atoms with van der Waals surface area (Å²) in [5.41, 5.74) is 2.78. The molecule has 0 fully saturated rings. The average molecular weight is 382 g/mol. The summed E-state index contributed by atoms with van der Waals surface area (Å²) in [5, 5.41) is 3.63. The lowest BCUT2D eigenvalue weighted by Crippen LogP contribution is -2.32. The fourth-order valence-electron chi connectivity index (χ4n) is 3.70. The van der Waals surface area contributed by atoms with E-state index in [1.165, 1.54) is 15.8 Å². The lowest BCUT2D eigenvalue weighted by atomic mass is 9.89. The molecule has 2 atom stereocenters. The van der Waals surface area contributed by atoms with Gasteiger partial charge in [-0.1, -0.05) is 25.1 Å². The van der Waals surface area contributed by atoms with Crippen LogP contribution in [-0.4, -0.2) is 15.5 Å². The Bertz CT molecular complexity index is 1080. The summed E-state index contributed by atoms with van der Waals surface area (Å²) < 4.78 is 1.46.